The standard InChI is InChI=1S/C10H19N3OSi/c1-10(2,3)15(4,5)14-13-9-6-11-8-12-7-9/h6,8H,7H2,1-5H3. The molecule has 1 aliphatic rings. The lowest BCUT2D eigenvalue weighted by atomic mass is 10.2. The molecular formula is C10H19N3OSi. The average Bonchev–Trinajstić information content (AvgIpc) is 2.15. The van der Waals surface area contributed by atoms with Gasteiger partial charge in [0.2, 0.25) is 0 Å². The first-order valence-electron chi connectivity index (χ1n) is 5.09. The first kappa shape index (κ1) is 12.1. The third kappa shape index (κ3) is 3.26. The summed E-state index contributed by atoms with van der Waals surface area (Å²) in [4.78, 5) is 7.91. The summed E-state index contributed by atoms with van der Waals surface area (Å²) in [6.45, 7) is 11.5. The normalized spacial score (nSPS) is 19.7. The first-order valence-corrected chi connectivity index (χ1v) is 8.00. The van der Waals surface area contributed by atoms with Gasteiger partial charge in [0.25, 0.3) is 8.32 Å². The van der Waals surface area contributed by atoms with Gasteiger partial charge >= 0.3 is 0 Å². The largest absolute Gasteiger partial charge is 0.455 e. The van der Waals surface area contributed by atoms with Gasteiger partial charge in [-0.25, -0.2) is 4.99 Å². The number of oxime groups is 1. The van der Waals surface area contributed by atoms with Crippen molar-refractivity contribution in [2.75, 3.05) is 6.54 Å². The fourth-order valence-electron chi connectivity index (χ4n) is 0.704. The Hall–Kier alpha value is -0.973. The first-order chi connectivity index (χ1) is 6.83. The lowest BCUT2D eigenvalue weighted by Crippen LogP contribution is -2.39. The van der Waals surface area contributed by atoms with E-state index in [1.165, 1.54) is 6.34 Å². The second-order valence-electron chi connectivity index (χ2n) is 5.17. The van der Waals surface area contributed by atoms with Crippen LogP contribution in [0.2, 0.25) is 18.1 Å². The fraction of sp³-hybridized carbons (Fsp3) is 0.700. The maximum absolute atomic E-state index is 5.70. The highest BCUT2D eigenvalue weighted by atomic mass is 28.4. The van der Waals surface area contributed by atoms with Crippen LogP contribution in [0.15, 0.2) is 15.1 Å². The monoisotopic (exact) mass is 225 g/mol. The average molecular weight is 225 g/mol. The summed E-state index contributed by atoms with van der Waals surface area (Å²) in [7, 11) is -1.79. The van der Waals surface area contributed by atoms with Gasteiger partial charge in [-0.3, -0.25) is 4.99 Å². The highest BCUT2D eigenvalue weighted by molar-refractivity contribution is 6.74. The lowest BCUT2D eigenvalue weighted by molar-refractivity contribution is 0.308. The molecule has 0 bridgehead atoms. The van der Waals surface area contributed by atoms with E-state index in [1.54, 1.807) is 6.21 Å². The summed E-state index contributed by atoms with van der Waals surface area (Å²) in [5.41, 5.74) is 0.794. The van der Waals surface area contributed by atoms with E-state index in [4.69, 9.17) is 4.53 Å². The van der Waals surface area contributed by atoms with Gasteiger partial charge in [-0.05, 0) is 18.1 Å². The van der Waals surface area contributed by atoms with Crippen molar-refractivity contribution in [1.29, 1.82) is 0 Å². The molecule has 15 heavy (non-hydrogen) atoms. The van der Waals surface area contributed by atoms with E-state index in [0.717, 1.165) is 5.71 Å². The van der Waals surface area contributed by atoms with Crippen LogP contribution in [0, 0.1) is 0 Å². The summed E-state index contributed by atoms with van der Waals surface area (Å²) < 4.78 is 5.70. The number of rotatable bonds is 2. The smallest absolute Gasteiger partial charge is 0.286 e. The molecule has 1 aliphatic heterocycles. The third-order valence-electron chi connectivity index (χ3n) is 2.82. The van der Waals surface area contributed by atoms with Crippen LogP contribution in [0.3, 0.4) is 0 Å². The molecule has 0 atom stereocenters. The Morgan fingerprint density at radius 1 is 1.40 bits per heavy atom. The van der Waals surface area contributed by atoms with E-state index >= 15 is 0 Å². The molecular weight excluding hydrogens is 206 g/mol. The van der Waals surface area contributed by atoms with E-state index in [0.29, 0.717) is 6.54 Å². The van der Waals surface area contributed by atoms with Crippen LogP contribution in [0.25, 0.3) is 0 Å². The van der Waals surface area contributed by atoms with Gasteiger partial charge in [0, 0.05) is 0 Å². The van der Waals surface area contributed by atoms with Crippen LogP contribution in [0.1, 0.15) is 20.8 Å². The molecule has 0 aromatic heterocycles. The Labute approximate surface area is 92.3 Å². The molecule has 0 unspecified atom stereocenters. The third-order valence-corrected chi connectivity index (χ3v) is 6.98. The number of nitrogens with zero attached hydrogens (tertiary/aromatic N) is 3. The molecule has 1 heterocycles. The zero-order valence-corrected chi connectivity index (χ0v) is 11.1. The van der Waals surface area contributed by atoms with Crippen molar-refractivity contribution in [2.45, 2.75) is 38.9 Å². The second kappa shape index (κ2) is 4.26. The number of aliphatic imine (C=N–C) groups is 2. The quantitative estimate of drug-likeness (QED) is 0.526. The van der Waals surface area contributed by atoms with Crippen LogP contribution >= 0.6 is 0 Å². The minimum Gasteiger partial charge on any atom is -0.455 e. The van der Waals surface area contributed by atoms with Gasteiger partial charge in [0.15, 0.2) is 0 Å². The molecule has 0 aliphatic carbocycles. The Morgan fingerprint density at radius 3 is 2.53 bits per heavy atom. The Kier molecular flexibility index (Phi) is 3.44. The van der Waals surface area contributed by atoms with E-state index < -0.39 is 8.32 Å². The molecule has 0 N–H and O–H groups in total. The summed E-state index contributed by atoms with van der Waals surface area (Å²) >= 11 is 0. The number of hydrogen-bond donors (Lipinski definition) is 0. The van der Waals surface area contributed by atoms with E-state index in [1.807, 2.05) is 0 Å². The van der Waals surface area contributed by atoms with Gasteiger partial charge in [-0.15, -0.1) is 5.16 Å². The number of hydrogen-bond acceptors (Lipinski definition) is 4. The fourth-order valence-corrected chi connectivity index (χ4v) is 1.32. The summed E-state index contributed by atoms with van der Waals surface area (Å²) in [6.07, 6.45) is 3.23. The lowest BCUT2D eigenvalue weighted by Gasteiger charge is -2.33. The Balaban J connectivity index is 2.63. The van der Waals surface area contributed by atoms with Crippen molar-refractivity contribution in [1.82, 2.24) is 0 Å². The minimum atomic E-state index is -1.79. The van der Waals surface area contributed by atoms with Crippen molar-refractivity contribution in [3.63, 3.8) is 0 Å². The van der Waals surface area contributed by atoms with Crippen LogP contribution in [-0.4, -0.2) is 33.1 Å². The van der Waals surface area contributed by atoms with Crippen molar-refractivity contribution < 1.29 is 4.53 Å². The molecule has 4 nitrogen and oxygen atoms in total. The van der Waals surface area contributed by atoms with Gasteiger partial charge in [-0.1, -0.05) is 20.8 Å². The molecule has 0 amide bonds. The highest BCUT2D eigenvalue weighted by Crippen LogP contribution is 2.36. The Bertz CT molecular complexity index is 313. The molecule has 0 aromatic rings. The van der Waals surface area contributed by atoms with Gasteiger partial charge in [0.05, 0.1) is 12.8 Å². The van der Waals surface area contributed by atoms with Crippen molar-refractivity contribution in [3.8, 4) is 0 Å². The molecule has 84 valence electrons. The minimum absolute atomic E-state index is 0.173. The maximum atomic E-state index is 5.70. The van der Waals surface area contributed by atoms with E-state index in [2.05, 4.69) is 49.0 Å². The van der Waals surface area contributed by atoms with Crippen LogP contribution in [0.4, 0.5) is 0 Å². The van der Waals surface area contributed by atoms with Crippen molar-refractivity contribution >= 4 is 26.6 Å². The predicted molar refractivity (Wildman–Crippen MR) is 67.6 cm³/mol. The van der Waals surface area contributed by atoms with Gasteiger partial charge in [0.1, 0.15) is 12.1 Å². The summed E-state index contributed by atoms with van der Waals surface area (Å²) in [5.74, 6) is 0. The van der Waals surface area contributed by atoms with E-state index in [-0.39, 0.29) is 5.04 Å². The molecule has 0 saturated heterocycles. The molecule has 0 spiro atoms. The molecule has 1 rings (SSSR count). The zero-order chi connectivity index (χ0) is 11.5. The van der Waals surface area contributed by atoms with Gasteiger partial charge in [-0.2, -0.15) is 0 Å². The topological polar surface area (TPSA) is 46.3 Å². The molecule has 0 fully saturated rings. The van der Waals surface area contributed by atoms with Crippen LogP contribution < -0.4 is 0 Å². The highest BCUT2D eigenvalue weighted by Gasteiger charge is 2.39. The van der Waals surface area contributed by atoms with Crippen molar-refractivity contribution in [2.24, 2.45) is 15.1 Å². The SMILES string of the molecule is CC(C)(C)[Si](C)(C)ON=C1C=NC=NC1. The van der Waals surface area contributed by atoms with Crippen molar-refractivity contribution in [3.05, 3.63) is 0 Å². The van der Waals surface area contributed by atoms with Gasteiger partial charge < -0.3 is 4.53 Å². The zero-order valence-electron chi connectivity index (χ0n) is 10.1. The maximum Gasteiger partial charge on any atom is 0.286 e. The summed E-state index contributed by atoms with van der Waals surface area (Å²) in [5, 5.41) is 4.31. The molecule has 0 radical (unpaired) electrons. The molecule has 0 saturated carbocycles. The van der Waals surface area contributed by atoms with E-state index in [9.17, 15) is 0 Å². The molecule has 0 aromatic carbocycles. The predicted octanol–water partition coefficient (Wildman–Crippen LogP) is 2.48. The molecule has 5 heteroatoms. The Morgan fingerprint density at radius 2 is 2.07 bits per heavy atom. The van der Waals surface area contributed by atoms with Crippen LogP contribution in [0.5, 0.6) is 0 Å². The second-order valence-corrected chi connectivity index (χ2v) is 9.87. The van der Waals surface area contributed by atoms with Crippen LogP contribution in [-0.2, 0) is 4.53 Å². The summed E-state index contributed by atoms with van der Waals surface area (Å²) in [6, 6.07) is 0.